The molecule has 31 heavy (non-hydrogen) atoms. The molecule has 0 spiro atoms. The van der Waals surface area contributed by atoms with Crippen LogP contribution < -0.4 is 5.32 Å². The van der Waals surface area contributed by atoms with Crippen molar-refractivity contribution in [1.29, 1.82) is 0 Å². The molecule has 160 valence electrons. The zero-order valence-corrected chi connectivity index (χ0v) is 18.4. The van der Waals surface area contributed by atoms with E-state index in [9.17, 15) is 8.42 Å². The van der Waals surface area contributed by atoms with E-state index in [-0.39, 0.29) is 15.6 Å². The van der Waals surface area contributed by atoms with E-state index in [1.54, 1.807) is 24.3 Å². The normalized spacial score (nSPS) is 19.7. The Hall–Kier alpha value is -3.00. The summed E-state index contributed by atoms with van der Waals surface area (Å²) >= 11 is 0. The number of sulfone groups is 1. The van der Waals surface area contributed by atoms with E-state index < -0.39 is 9.84 Å². The highest BCUT2D eigenvalue weighted by molar-refractivity contribution is 7.91. The molecule has 8 heteroatoms. The number of aromatic nitrogens is 4. The lowest BCUT2D eigenvalue weighted by Crippen LogP contribution is -2.30. The molecule has 1 aliphatic rings. The Balaban J connectivity index is 1.68. The van der Waals surface area contributed by atoms with Gasteiger partial charge in [0.1, 0.15) is 5.82 Å². The first-order valence-corrected chi connectivity index (χ1v) is 12.2. The number of benzene rings is 2. The zero-order chi connectivity index (χ0) is 21.6. The molecule has 0 bridgehead atoms. The first kappa shape index (κ1) is 19.9. The summed E-state index contributed by atoms with van der Waals surface area (Å²) in [5.74, 6) is 1.22. The van der Waals surface area contributed by atoms with Gasteiger partial charge in [-0.25, -0.2) is 13.4 Å². The Bertz CT molecular complexity index is 1360. The second kappa shape index (κ2) is 7.60. The highest BCUT2D eigenvalue weighted by Gasteiger charge is 2.28. The van der Waals surface area contributed by atoms with Crippen molar-refractivity contribution in [2.75, 3.05) is 5.32 Å². The molecule has 0 amide bonds. The Morgan fingerprint density at radius 3 is 2.55 bits per heavy atom. The van der Waals surface area contributed by atoms with Crippen molar-refractivity contribution < 1.29 is 8.42 Å². The number of fused-ring (bicyclic) bond motifs is 3. The van der Waals surface area contributed by atoms with Gasteiger partial charge in [0.15, 0.2) is 5.65 Å². The fourth-order valence-electron chi connectivity index (χ4n) is 4.36. The van der Waals surface area contributed by atoms with Gasteiger partial charge in [0.25, 0.3) is 0 Å². The van der Waals surface area contributed by atoms with Gasteiger partial charge >= 0.3 is 0 Å². The molecular weight excluding hydrogens is 410 g/mol. The van der Waals surface area contributed by atoms with E-state index in [1.165, 1.54) is 23.8 Å². The minimum Gasteiger partial charge on any atom is -0.366 e. The number of hydrogen-bond donors (Lipinski definition) is 1. The first-order chi connectivity index (χ1) is 14.9. The van der Waals surface area contributed by atoms with E-state index in [0.717, 1.165) is 22.9 Å². The largest absolute Gasteiger partial charge is 0.366 e. The van der Waals surface area contributed by atoms with E-state index in [1.807, 2.05) is 31.2 Å². The average molecular weight is 436 g/mol. The van der Waals surface area contributed by atoms with Gasteiger partial charge < -0.3 is 5.32 Å². The molecule has 2 heterocycles. The smallest absolute Gasteiger partial charge is 0.229 e. The van der Waals surface area contributed by atoms with E-state index >= 15 is 0 Å². The molecule has 0 radical (unpaired) electrons. The minimum atomic E-state index is -3.85. The van der Waals surface area contributed by atoms with E-state index in [2.05, 4.69) is 22.6 Å². The highest BCUT2D eigenvalue weighted by atomic mass is 32.2. The number of hydrogen-bond acceptors (Lipinski definition) is 6. The summed E-state index contributed by atoms with van der Waals surface area (Å²) in [7, 11) is -3.85. The van der Waals surface area contributed by atoms with Crippen LogP contribution in [0.15, 0.2) is 58.5 Å². The summed E-state index contributed by atoms with van der Waals surface area (Å²) in [4.78, 5) is 4.93. The van der Waals surface area contributed by atoms with Crippen LogP contribution in [0.2, 0.25) is 0 Å². The summed E-state index contributed by atoms with van der Waals surface area (Å²) in [5.41, 5.74) is 2.01. The molecule has 1 aliphatic carbocycles. The van der Waals surface area contributed by atoms with Crippen molar-refractivity contribution in [3.63, 3.8) is 0 Å². The number of para-hydroxylation sites is 1. The number of anilines is 1. The summed E-state index contributed by atoms with van der Waals surface area (Å²) in [6, 6.07) is 14.8. The number of aryl methyl sites for hydroxylation is 1. The van der Waals surface area contributed by atoms with Crippen LogP contribution in [0, 0.1) is 12.8 Å². The molecule has 1 saturated carbocycles. The fraction of sp³-hybridized carbons (Fsp3) is 0.348. The third kappa shape index (κ3) is 3.44. The first-order valence-electron chi connectivity index (χ1n) is 10.7. The quantitative estimate of drug-likeness (QED) is 0.511. The molecule has 7 nitrogen and oxygen atoms in total. The summed E-state index contributed by atoms with van der Waals surface area (Å²) in [6.45, 7) is 4.17. The molecule has 0 unspecified atom stereocenters. The van der Waals surface area contributed by atoms with Crippen LogP contribution in [-0.4, -0.2) is 34.3 Å². The van der Waals surface area contributed by atoms with Crippen molar-refractivity contribution in [3.8, 4) is 0 Å². The van der Waals surface area contributed by atoms with Crippen molar-refractivity contribution in [1.82, 2.24) is 19.8 Å². The maximum Gasteiger partial charge on any atom is 0.229 e. The summed E-state index contributed by atoms with van der Waals surface area (Å²) in [6.07, 6.45) is 4.69. The summed E-state index contributed by atoms with van der Waals surface area (Å²) in [5, 5.41) is 12.6. The molecule has 5 rings (SSSR count). The standard InChI is InChI=1S/C23H25N5O2S/c1-15-11-13-17(14-12-15)31(29,30)23-22-25-21(24-19-9-5-3-7-16(19)2)18-8-4-6-10-20(18)28(22)27-26-23/h4,6,8,10-14,16,19H,3,5,7,9H2,1-2H3,(H,24,25)/t16-,19+/m0/s1. The lowest BCUT2D eigenvalue weighted by Gasteiger charge is -2.30. The number of nitrogens with zero attached hydrogens (tertiary/aromatic N) is 4. The van der Waals surface area contributed by atoms with Crippen LogP contribution >= 0.6 is 0 Å². The van der Waals surface area contributed by atoms with Crippen LogP contribution in [0.3, 0.4) is 0 Å². The number of rotatable bonds is 4. The zero-order valence-electron chi connectivity index (χ0n) is 17.6. The molecule has 2 aromatic heterocycles. The molecule has 2 aromatic carbocycles. The van der Waals surface area contributed by atoms with Crippen LogP contribution in [0.5, 0.6) is 0 Å². The Labute approximate surface area is 181 Å². The number of nitrogens with one attached hydrogen (secondary N) is 1. The van der Waals surface area contributed by atoms with Gasteiger partial charge in [-0.1, -0.05) is 54.8 Å². The molecular formula is C23H25N5O2S. The van der Waals surface area contributed by atoms with E-state index in [0.29, 0.717) is 17.8 Å². The third-order valence-corrected chi connectivity index (χ3v) is 7.91. The van der Waals surface area contributed by atoms with E-state index in [4.69, 9.17) is 4.98 Å². The molecule has 2 atom stereocenters. The minimum absolute atomic E-state index is 0.123. The van der Waals surface area contributed by atoms with Gasteiger partial charge in [0.2, 0.25) is 14.9 Å². The SMILES string of the molecule is Cc1ccc(S(=O)(=O)c2nnn3c2nc(N[C@@H]2CCCC[C@@H]2C)c2ccccc23)cc1. The van der Waals surface area contributed by atoms with Crippen LogP contribution in [0.25, 0.3) is 16.6 Å². The van der Waals surface area contributed by atoms with Gasteiger partial charge in [-0.2, -0.15) is 4.52 Å². The Morgan fingerprint density at radius 1 is 1.03 bits per heavy atom. The molecule has 1 fully saturated rings. The van der Waals surface area contributed by atoms with Crippen LogP contribution in [-0.2, 0) is 9.84 Å². The Kier molecular flexibility index (Phi) is 4.89. The second-order valence-electron chi connectivity index (χ2n) is 8.44. The molecule has 0 aliphatic heterocycles. The van der Waals surface area contributed by atoms with Crippen molar-refractivity contribution in [2.45, 2.75) is 55.5 Å². The van der Waals surface area contributed by atoms with Crippen molar-refractivity contribution in [2.24, 2.45) is 5.92 Å². The predicted octanol–water partition coefficient (Wildman–Crippen LogP) is 4.41. The van der Waals surface area contributed by atoms with Crippen LogP contribution in [0.1, 0.15) is 38.2 Å². The highest BCUT2D eigenvalue weighted by Crippen LogP contribution is 2.31. The Morgan fingerprint density at radius 2 is 1.77 bits per heavy atom. The third-order valence-electron chi connectivity index (χ3n) is 6.24. The van der Waals surface area contributed by atoms with Gasteiger partial charge in [0, 0.05) is 11.4 Å². The van der Waals surface area contributed by atoms with Gasteiger partial charge in [-0.3, -0.25) is 0 Å². The van der Waals surface area contributed by atoms with Gasteiger partial charge in [0.05, 0.1) is 10.4 Å². The predicted molar refractivity (Wildman–Crippen MR) is 120 cm³/mol. The van der Waals surface area contributed by atoms with Crippen molar-refractivity contribution >= 4 is 32.2 Å². The van der Waals surface area contributed by atoms with Gasteiger partial charge in [-0.05, 0) is 49.9 Å². The molecule has 4 aromatic rings. The second-order valence-corrected chi connectivity index (χ2v) is 10.3. The van der Waals surface area contributed by atoms with Gasteiger partial charge in [-0.15, -0.1) is 5.10 Å². The lowest BCUT2D eigenvalue weighted by atomic mass is 9.86. The lowest BCUT2D eigenvalue weighted by molar-refractivity contribution is 0.349. The summed E-state index contributed by atoms with van der Waals surface area (Å²) < 4.78 is 28.2. The molecule has 0 saturated heterocycles. The monoisotopic (exact) mass is 435 g/mol. The fourth-order valence-corrected chi connectivity index (χ4v) is 5.60. The topological polar surface area (TPSA) is 89.2 Å². The average Bonchev–Trinajstić information content (AvgIpc) is 3.21. The maximum atomic E-state index is 13.3. The maximum absolute atomic E-state index is 13.3. The molecule has 1 N–H and O–H groups in total. The van der Waals surface area contributed by atoms with Crippen molar-refractivity contribution in [3.05, 3.63) is 54.1 Å². The van der Waals surface area contributed by atoms with Crippen LogP contribution in [0.4, 0.5) is 5.82 Å².